The Morgan fingerprint density at radius 3 is 2.11 bits per heavy atom. The summed E-state index contributed by atoms with van der Waals surface area (Å²) in [5.41, 5.74) is 3.21. The standard InChI is InChI=1S/C24H21NO3/c1-25(16-19-14-23(27)28-22-15-20(26)12-13-21(19)22)24(17-8-4-2-5-9-17)18-10-6-3-7-11-18/h2-15,24,26H,16H2,1H3. The van der Waals surface area contributed by atoms with Crippen molar-refractivity contribution in [2.45, 2.75) is 12.6 Å². The zero-order valence-corrected chi connectivity index (χ0v) is 15.6. The molecule has 0 bridgehead atoms. The molecule has 4 aromatic rings. The number of aromatic hydroxyl groups is 1. The lowest BCUT2D eigenvalue weighted by atomic mass is 9.96. The highest BCUT2D eigenvalue weighted by molar-refractivity contribution is 5.81. The van der Waals surface area contributed by atoms with Gasteiger partial charge in [-0.1, -0.05) is 60.7 Å². The molecule has 4 rings (SSSR count). The lowest BCUT2D eigenvalue weighted by Gasteiger charge is -2.29. The predicted octanol–water partition coefficient (Wildman–Crippen LogP) is 4.72. The van der Waals surface area contributed by atoms with Crippen LogP contribution in [0.3, 0.4) is 0 Å². The number of phenolic OH excluding ortho intramolecular Hbond substituents is 1. The monoisotopic (exact) mass is 371 g/mol. The number of hydrogen-bond donors (Lipinski definition) is 1. The third-order valence-corrected chi connectivity index (χ3v) is 4.90. The average molecular weight is 371 g/mol. The van der Waals surface area contributed by atoms with Crippen LogP contribution < -0.4 is 5.63 Å². The van der Waals surface area contributed by atoms with E-state index in [1.807, 2.05) is 43.4 Å². The molecule has 0 atom stereocenters. The van der Waals surface area contributed by atoms with Crippen molar-refractivity contribution in [1.29, 1.82) is 0 Å². The van der Waals surface area contributed by atoms with Crippen LogP contribution in [-0.4, -0.2) is 17.1 Å². The molecule has 4 heteroatoms. The first-order chi connectivity index (χ1) is 13.6. The van der Waals surface area contributed by atoms with Gasteiger partial charge >= 0.3 is 5.63 Å². The van der Waals surface area contributed by atoms with E-state index < -0.39 is 5.63 Å². The number of hydrogen-bond acceptors (Lipinski definition) is 4. The Hall–Kier alpha value is -3.37. The van der Waals surface area contributed by atoms with Gasteiger partial charge in [0, 0.05) is 24.1 Å². The van der Waals surface area contributed by atoms with Crippen molar-refractivity contribution < 1.29 is 9.52 Å². The fourth-order valence-corrected chi connectivity index (χ4v) is 3.68. The van der Waals surface area contributed by atoms with Gasteiger partial charge in [0.2, 0.25) is 0 Å². The summed E-state index contributed by atoms with van der Waals surface area (Å²) < 4.78 is 5.26. The molecule has 0 amide bonds. The minimum absolute atomic E-state index is 0.0433. The Labute approximate surface area is 163 Å². The van der Waals surface area contributed by atoms with E-state index in [1.165, 1.54) is 23.3 Å². The van der Waals surface area contributed by atoms with Crippen molar-refractivity contribution in [1.82, 2.24) is 4.90 Å². The lowest BCUT2D eigenvalue weighted by Crippen LogP contribution is -2.25. The van der Waals surface area contributed by atoms with E-state index in [2.05, 4.69) is 29.2 Å². The highest BCUT2D eigenvalue weighted by atomic mass is 16.4. The molecule has 1 aromatic heterocycles. The van der Waals surface area contributed by atoms with Gasteiger partial charge in [-0.2, -0.15) is 0 Å². The van der Waals surface area contributed by atoms with Crippen molar-refractivity contribution in [2.24, 2.45) is 0 Å². The van der Waals surface area contributed by atoms with Crippen LogP contribution in [0, 0.1) is 0 Å². The Bertz CT molecular complexity index is 1100. The minimum Gasteiger partial charge on any atom is -0.508 e. The maximum Gasteiger partial charge on any atom is 0.336 e. The van der Waals surface area contributed by atoms with Crippen molar-refractivity contribution in [3.05, 3.63) is 112 Å². The highest BCUT2D eigenvalue weighted by Gasteiger charge is 2.20. The summed E-state index contributed by atoms with van der Waals surface area (Å²) in [5, 5.41) is 10.5. The summed E-state index contributed by atoms with van der Waals surface area (Å²) in [7, 11) is 2.05. The molecule has 0 aliphatic carbocycles. The largest absolute Gasteiger partial charge is 0.508 e. The van der Waals surface area contributed by atoms with Crippen LogP contribution in [-0.2, 0) is 6.54 Å². The highest BCUT2D eigenvalue weighted by Crippen LogP contribution is 2.30. The molecule has 28 heavy (non-hydrogen) atoms. The van der Waals surface area contributed by atoms with Gasteiger partial charge in [-0.3, -0.25) is 4.90 Å². The van der Waals surface area contributed by atoms with Gasteiger partial charge in [0.05, 0.1) is 6.04 Å². The molecule has 0 saturated heterocycles. The van der Waals surface area contributed by atoms with Crippen LogP contribution in [0.5, 0.6) is 5.75 Å². The average Bonchev–Trinajstić information content (AvgIpc) is 2.69. The third kappa shape index (κ3) is 3.68. The Balaban J connectivity index is 1.76. The van der Waals surface area contributed by atoms with Crippen LogP contribution >= 0.6 is 0 Å². The number of nitrogens with zero attached hydrogens (tertiary/aromatic N) is 1. The second-order valence-corrected chi connectivity index (χ2v) is 6.91. The van der Waals surface area contributed by atoms with Crippen LogP contribution in [0.25, 0.3) is 11.0 Å². The fraction of sp³-hybridized carbons (Fsp3) is 0.125. The maximum atomic E-state index is 12.0. The molecule has 140 valence electrons. The van der Waals surface area contributed by atoms with Crippen LogP contribution in [0.1, 0.15) is 22.7 Å². The van der Waals surface area contributed by atoms with Crippen molar-refractivity contribution >= 4 is 11.0 Å². The van der Waals surface area contributed by atoms with Gasteiger partial charge in [0.25, 0.3) is 0 Å². The summed E-state index contributed by atoms with van der Waals surface area (Å²) in [5.74, 6) is 0.0765. The van der Waals surface area contributed by atoms with Gasteiger partial charge in [-0.15, -0.1) is 0 Å². The molecule has 0 fully saturated rings. The molecule has 0 aliphatic rings. The van der Waals surface area contributed by atoms with Gasteiger partial charge in [-0.05, 0) is 35.9 Å². The molecule has 0 aliphatic heterocycles. The molecule has 0 saturated carbocycles. The van der Waals surface area contributed by atoms with Gasteiger partial charge in [0.15, 0.2) is 0 Å². The first-order valence-electron chi connectivity index (χ1n) is 9.18. The van der Waals surface area contributed by atoms with E-state index in [0.29, 0.717) is 12.1 Å². The third-order valence-electron chi connectivity index (χ3n) is 4.90. The van der Waals surface area contributed by atoms with Gasteiger partial charge in [-0.25, -0.2) is 4.79 Å². The predicted molar refractivity (Wildman–Crippen MR) is 110 cm³/mol. The summed E-state index contributed by atoms with van der Waals surface area (Å²) in [4.78, 5) is 14.3. The quantitative estimate of drug-likeness (QED) is 0.516. The normalized spacial score (nSPS) is 11.4. The summed E-state index contributed by atoms with van der Waals surface area (Å²) >= 11 is 0. The summed E-state index contributed by atoms with van der Waals surface area (Å²) in [6, 6.07) is 27.1. The fourth-order valence-electron chi connectivity index (χ4n) is 3.68. The van der Waals surface area contributed by atoms with E-state index >= 15 is 0 Å². The zero-order chi connectivity index (χ0) is 19.5. The van der Waals surface area contributed by atoms with Crippen LogP contribution in [0.4, 0.5) is 0 Å². The maximum absolute atomic E-state index is 12.0. The Morgan fingerprint density at radius 1 is 0.893 bits per heavy atom. The topological polar surface area (TPSA) is 53.7 Å². The summed E-state index contributed by atoms with van der Waals surface area (Å²) in [6.07, 6.45) is 0. The van der Waals surface area contributed by atoms with Gasteiger partial charge in [0.1, 0.15) is 11.3 Å². The van der Waals surface area contributed by atoms with Crippen molar-refractivity contribution in [3.8, 4) is 5.75 Å². The second-order valence-electron chi connectivity index (χ2n) is 6.91. The molecule has 1 heterocycles. The lowest BCUT2D eigenvalue weighted by molar-refractivity contribution is 0.271. The first kappa shape index (κ1) is 18.0. The van der Waals surface area contributed by atoms with E-state index in [9.17, 15) is 9.90 Å². The molecular weight excluding hydrogens is 350 g/mol. The zero-order valence-electron chi connectivity index (χ0n) is 15.6. The molecule has 0 spiro atoms. The van der Waals surface area contributed by atoms with E-state index in [4.69, 9.17) is 4.42 Å². The number of benzene rings is 3. The SMILES string of the molecule is CN(Cc1cc(=O)oc2cc(O)ccc12)C(c1ccccc1)c1ccccc1. The van der Waals surface area contributed by atoms with Crippen molar-refractivity contribution in [2.75, 3.05) is 7.05 Å². The van der Waals surface area contributed by atoms with Crippen LogP contribution in [0.2, 0.25) is 0 Å². The second kappa shape index (κ2) is 7.71. The van der Waals surface area contributed by atoms with Crippen LogP contribution in [0.15, 0.2) is 94.1 Å². The first-order valence-corrected chi connectivity index (χ1v) is 9.18. The Morgan fingerprint density at radius 2 is 1.50 bits per heavy atom. The van der Waals surface area contributed by atoms with Crippen molar-refractivity contribution in [3.63, 3.8) is 0 Å². The van der Waals surface area contributed by atoms with E-state index in [0.717, 1.165) is 10.9 Å². The number of fused-ring (bicyclic) bond motifs is 1. The number of phenols is 1. The van der Waals surface area contributed by atoms with Gasteiger partial charge < -0.3 is 9.52 Å². The molecule has 1 N–H and O–H groups in total. The van der Waals surface area contributed by atoms with E-state index in [-0.39, 0.29) is 11.8 Å². The molecule has 3 aromatic carbocycles. The number of rotatable bonds is 5. The molecule has 0 unspecified atom stereocenters. The molecular formula is C24H21NO3. The van der Waals surface area contributed by atoms with E-state index in [1.54, 1.807) is 12.1 Å². The minimum atomic E-state index is -0.419. The Kier molecular flexibility index (Phi) is 4.96. The molecule has 4 nitrogen and oxygen atoms in total. The summed E-state index contributed by atoms with van der Waals surface area (Å²) in [6.45, 7) is 0.557. The molecule has 0 radical (unpaired) electrons. The smallest absolute Gasteiger partial charge is 0.336 e.